The number of rotatable bonds is 3. The highest BCUT2D eigenvalue weighted by atomic mass is 19.4. The van der Waals surface area contributed by atoms with Gasteiger partial charge in [0.1, 0.15) is 0 Å². The Hall–Kier alpha value is -1.53. The number of aliphatic carboxylic acids is 1. The first kappa shape index (κ1) is 11.5. The second kappa shape index (κ2) is 4.48. The molecule has 0 fully saturated rings. The predicted octanol–water partition coefficient (Wildman–Crippen LogP) is -0.602. The van der Waals surface area contributed by atoms with Crippen LogP contribution in [0.2, 0.25) is 0 Å². The topological polar surface area (TPSA) is 66.4 Å². The van der Waals surface area contributed by atoms with Crippen molar-refractivity contribution in [2.45, 2.75) is 6.18 Å². The molecule has 0 bridgehead atoms. The van der Waals surface area contributed by atoms with Crippen LogP contribution in [0.1, 0.15) is 0 Å². The summed E-state index contributed by atoms with van der Waals surface area (Å²) >= 11 is 0. The zero-order chi connectivity index (χ0) is 10.5. The van der Waals surface area contributed by atoms with Crippen molar-refractivity contribution in [2.75, 3.05) is 6.61 Å². The lowest BCUT2D eigenvalue weighted by atomic mass is 10.5. The van der Waals surface area contributed by atoms with E-state index in [1.165, 1.54) is 0 Å². The largest absolute Gasteiger partial charge is 0.545 e. The van der Waals surface area contributed by atoms with Crippen molar-refractivity contribution in [1.82, 2.24) is 0 Å². The number of carbonyl (C=O) groups is 2. The fourth-order valence-corrected chi connectivity index (χ4v) is 0.337. The van der Waals surface area contributed by atoms with Gasteiger partial charge in [0.05, 0.1) is 5.97 Å². The number of carbonyl (C=O) groups excluding carboxylic acids is 2. The van der Waals surface area contributed by atoms with Gasteiger partial charge < -0.3 is 14.6 Å². The van der Waals surface area contributed by atoms with Gasteiger partial charge in [0.15, 0.2) is 6.61 Å². The molecule has 0 saturated heterocycles. The van der Waals surface area contributed by atoms with E-state index in [1.54, 1.807) is 0 Å². The van der Waals surface area contributed by atoms with Gasteiger partial charge in [-0.25, -0.2) is 4.79 Å². The quantitative estimate of drug-likeness (QED) is 0.447. The van der Waals surface area contributed by atoms with E-state index in [0.717, 1.165) is 0 Å². The first-order chi connectivity index (χ1) is 5.81. The minimum absolute atomic E-state index is 0.276. The molecule has 0 unspecified atom stereocenters. The molecule has 0 atom stereocenters. The van der Waals surface area contributed by atoms with Crippen LogP contribution in [0.4, 0.5) is 13.2 Å². The minimum Gasteiger partial charge on any atom is -0.545 e. The highest BCUT2D eigenvalue weighted by molar-refractivity contribution is 5.89. The molecule has 0 saturated carbocycles. The molecule has 0 aliphatic heterocycles. The number of hydrogen-bond acceptors (Lipinski definition) is 4. The maximum atomic E-state index is 11.4. The second-order valence-electron chi connectivity index (χ2n) is 1.88. The number of halogens is 3. The Morgan fingerprint density at radius 1 is 1.31 bits per heavy atom. The Balaban J connectivity index is 3.83. The average Bonchev–Trinajstić information content (AvgIpc) is 1.95. The Morgan fingerprint density at radius 2 is 1.85 bits per heavy atom. The molecule has 0 aromatic heterocycles. The Morgan fingerprint density at radius 3 is 2.23 bits per heavy atom. The summed E-state index contributed by atoms with van der Waals surface area (Å²) in [6.45, 7) is -1.75. The molecule has 0 spiro atoms. The molecule has 0 aromatic carbocycles. The third-order valence-electron chi connectivity index (χ3n) is 0.734. The third-order valence-corrected chi connectivity index (χ3v) is 0.734. The molecular formula is C6H4F3O4-. The lowest BCUT2D eigenvalue weighted by Gasteiger charge is -2.05. The van der Waals surface area contributed by atoms with Crippen LogP contribution in [0, 0.1) is 0 Å². The molecule has 0 radical (unpaired) electrons. The van der Waals surface area contributed by atoms with Gasteiger partial charge in [-0.3, -0.25) is 0 Å². The first-order valence-electron chi connectivity index (χ1n) is 2.94. The van der Waals surface area contributed by atoms with E-state index in [4.69, 9.17) is 0 Å². The van der Waals surface area contributed by atoms with Gasteiger partial charge in [0.25, 0.3) is 0 Å². The number of carboxylic acids is 1. The third kappa shape index (κ3) is 8.38. The van der Waals surface area contributed by atoms with E-state index in [9.17, 15) is 27.9 Å². The zero-order valence-electron chi connectivity index (χ0n) is 6.13. The summed E-state index contributed by atoms with van der Waals surface area (Å²) in [7, 11) is 0. The Kier molecular flexibility index (Phi) is 3.96. The van der Waals surface area contributed by atoms with E-state index in [1.807, 2.05) is 0 Å². The summed E-state index contributed by atoms with van der Waals surface area (Å²) in [6.07, 6.45) is -4.01. The fourth-order valence-electron chi connectivity index (χ4n) is 0.337. The lowest BCUT2D eigenvalue weighted by Crippen LogP contribution is -2.21. The van der Waals surface area contributed by atoms with E-state index >= 15 is 0 Å². The van der Waals surface area contributed by atoms with Crippen LogP contribution < -0.4 is 5.11 Å². The van der Waals surface area contributed by atoms with Crippen molar-refractivity contribution in [2.24, 2.45) is 0 Å². The van der Waals surface area contributed by atoms with Crippen LogP contribution in [0.25, 0.3) is 0 Å². The van der Waals surface area contributed by atoms with Crippen molar-refractivity contribution in [3.63, 3.8) is 0 Å². The molecule has 13 heavy (non-hydrogen) atoms. The second-order valence-corrected chi connectivity index (χ2v) is 1.88. The maximum absolute atomic E-state index is 11.4. The van der Waals surface area contributed by atoms with E-state index < -0.39 is 24.7 Å². The monoisotopic (exact) mass is 197 g/mol. The van der Waals surface area contributed by atoms with Crippen LogP contribution in [-0.4, -0.2) is 24.7 Å². The average molecular weight is 197 g/mol. The number of esters is 1. The van der Waals surface area contributed by atoms with E-state index in [0.29, 0.717) is 6.08 Å². The molecule has 74 valence electrons. The van der Waals surface area contributed by atoms with Crippen LogP contribution in [-0.2, 0) is 14.3 Å². The number of alkyl halides is 3. The van der Waals surface area contributed by atoms with Crippen molar-refractivity contribution >= 4 is 11.9 Å². The molecular weight excluding hydrogens is 193 g/mol. The van der Waals surface area contributed by atoms with Gasteiger partial charge in [-0.15, -0.1) is 0 Å². The van der Waals surface area contributed by atoms with Gasteiger partial charge in [0, 0.05) is 6.08 Å². The van der Waals surface area contributed by atoms with Gasteiger partial charge >= 0.3 is 12.1 Å². The van der Waals surface area contributed by atoms with Crippen LogP contribution in [0.15, 0.2) is 12.2 Å². The molecule has 4 nitrogen and oxygen atoms in total. The SMILES string of the molecule is O=C([O-])/C=C\C(=O)OCC(F)(F)F. The summed E-state index contributed by atoms with van der Waals surface area (Å²) < 4.78 is 37.8. The van der Waals surface area contributed by atoms with Crippen molar-refractivity contribution in [3.8, 4) is 0 Å². The maximum Gasteiger partial charge on any atom is 0.422 e. The molecule has 0 N–H and O–H groups in total. The molecule has 0 rings (SSSR count). The van der Waals surface area contributed by atoms with Crippen LogP contribution >= 0.6 is 0 Å². The number of hydrogen-bond donors (Lipinski definition) is 0. The van der Waals surface area contributed by atoms with Gasteiger partial charge in [-0.05, 0) is 6.08 Å². The Labute approximate surface area is 70.6 Å². The molecule has 0 aliphatic rings. The molecule has 0 heterocycles. The van der Waals surface area contributed by atoms with Gasteiger partial charge in [0.2, 0.25) is 0 Å². The summed E-state index contributed by atoms with van der Waals surface area (Å²) in [5.41, 5.74) is 0. The lowest BCUT2D eigenvalue weighted by molar-refractivity contribution is -0.297. The fraction of sp³-hybridized carbons (Fsp3) is 0.333. The predicted molar refractivity (Wildman–Crippen MR) is 31.2 cm³/mol. The molecule has 7 heteroatoms. The minimum atomic E-state index is -4.62. The molecule has 0 amide bonds. The summed E-state index contributed by atoms with van der Waals surface area (Å²) in [6, 6.07) is 0. The standard InChI is InChI=1S/C6H5F3O4/c7-6(8,9)3-13-5(12)2-1-4(10)11/h1-2H,3H2,(H,10,11)/p-1/b2-1-. The smallest absolute Gasteiger partial charge is 0.422 e. The number of ether oxygens (including phenoxy) is 1. The summed E-state index contributed by atoms with van der Waals surface area (Å²) in [4.78, 5) is 20.0. The van der Waals surface area contributed by atoms with Crippen molar-refractivity contribution < 1.29 is 32.6 Å². The molecule has 0 aromatic rings. The summed E-state index contributed by atoms with van der Waals surface area (Å²) in [5, 5.41) is 9.68. The van der Waals surface area contributed by atoms with Gasteiger partial charge in [-0.2, -0.15) is 13.2 Å². The van der Waals surface area contributed by atoms with Gasteiger partial charge in [-0.1, -0.05) is 0 Å². The summed E-state index contributed by atoms with van der Waals surface area (Å²) in [5.74, 6) is -3.08. The highest BCUT2D eigenvalue weighted by Gasteiger charge is 2.29. The number of carboxylic acid groups (broad SMARTS) is 1. The first-order valence-corrected chi connectivity index (χ1v) is 2.94. The van der Waals surface area contributed by atoms with Crippen molar-refractivity contribution in [3.05, 3.63) is 12.2 Å². The van der Waals surface area contributed by atoms with Crippen molar-refractivity contribution in [1.29, 1.82) is 0 Å². The van der Waals surface area contributed by atoms with E-state index in [-0.39, 0.29) is 6.08 Å². The molecule has 0 aliphatic carbocycles. The van der Waals surface area contributed by atoms with Crippen LogP contribution in [0.5, 0.6) is 0 Å². The van der Waals surface area contributed by atoms with E-state index in [2.05, 4.69) is 4.74 Å². The Bertz CT molecular complexity index is 231. The van der Waals surface area contributed by atoms with Crippen LogP contribution in [0.3, 0.4) is 0 Å². The highest BCUT2D eigenvalue weighted by Crippen LogP contribution is 2.14. The normalized spacial score (nSPS) is 11.6. The zero-order valence-corrected chi connectivity index (χ0v) is 6.13.